The van der Waals surface area contributed by atoms with Crippen LogP contribution in [-0.4, -0.2) is 14.4 Å². The summed E-state index contributed by atoms with van der Waals surface area (Å²) in [5, 5.41) is 0.956. The Morgan fingerprint density at radius 2 is 2.07 bits per heavy atom. The molecule has 1 aromatic carbocycles. The van der Waals surface area contributed by atoms with Gasteiger partial charge < -0.3 is 5.73 Å². The Labute approximate surface area is 80.0 Å². The maximum absolute atomic E-state index is 5.83. The van der Waals surface area contributed by atoms with E-state index in [1.807, 2.05) is 28.7 Å². The van der Waals surface area contributed by atoms with Gasteiger partial charge >= 0.3 is 0 Å². The molecule has 0 aliphatic heterocycles. The molecule has 3 aromatic rings. The van der Waals surface area contributed by atoms with E-state index in [1.54, 1.807) is 12.5 Å². The highest BCUT2D eigenvalue weighted by molar-refractivity contribution is 5.90. The molecule has 0 radical (unpaired) electrons. The number of hydrogen-bond donors (Lipinski definition) is 1. The first kappa shape index (κ1) is 7.32. The molecule has 0 aliphatic carbocycles. The van der Waals surface area contributed by atoms with Crippen molar-refractivity contribution in [2.24, 2.45) is 0 Å². The van der Waals surface area contributed by atoms with Crippen molar-refractivity contribution in [2.45, 2.75) is 0 Å². The number of fused-ring (bicyclic) bond motifs is 3. The van der Waals surface area contributed by atoms with E-state index in [0.717, 1.165) is 16.6 Å². The fourth-order valence-corrected chi connectivity index (χ4v) is 1.64. The number of rotatable bonds is 0. The SMILES string of the molecule is Nc1nc2cncn2c2ccccc12. The number of nitrogen functional groups attached to an aromatic ring is 1. The summed E-state index contributed by atoms with van der Waals surface area (Å²) in [7, 11) is 0. The summed E-state index contributed by atoms with van der Waals surface area (Å²) in [5.41, 5.74) is 7.64. The number of nitrogens with zero attached hydrogens (tertiary/aromatic N) is 3. The lowest BCUT2D eigenvalue weighted by Crippen LogP contribution is -1.96. The predicted octanol–water partition coefficient (Wildman–Crippen LogP) is 1.46. The van der Waals surface area contributed by atoms with Crippen LogP contribution in [0.15, 0.2) is 36.8 Å². The Hall–Kier alpha value is -2.10. The van der Waals surface area contributed by atoms with Crippen LogP contribution in [-0.2, 0) is 0 Å². The lowest BCUT2D eigenvalue weighted by atomic mass is 10.2. The minimum atomic E-state index is 0.550. The van der Waals surface area contributed by atoms with Crippen LogP contribution in [0.1, 0.15) is 0 Å². The molecule has 4 nitrogen and oxygen atoms in total. The van der Waals surface area contributed by atoms with Crippen LogP contribution in [0, 0.1) is 0 Å². The van der Waals surface area contributed by atoms with Crippen molar-refractivity contribution in [1.82, 2.24) is 14.4 Å². The number of nitrogens with two attached hydrogens (primary N) is 1. The van der Waals surface area contributed by atoms with E-state index in [0.29, 0.717) is 5.82 Å². The molecule has 0 spiro atoms. The fraction of sp³-hybridized carbons (Fsp3) is 0. The summed E-state index contributed by atoms with van der Waals surface area (Å²) in [6.45, 7) is 0. The summed E-state index contributed by atoms with van der Waals surface area (Å²) in [6.07, 6.45) is 3.44. The molecule has 0 bridgehead atoms. The van der Waals surface area contributed by atoms with Crippen LogP contribution >= 0.6 is 0 Å². The van der Waals surface area contributed by atoms with Crippen molar-refractivity contribution in [2.75, 3.05) is 5.73 Å². The quantitative estimate of drug-likeness (QED) is 0.575. The second-order valence-electron chi connectivity index (χ2n) is 3.14. The molecule has 4 heteroatoms. The van der Waals surface area contributed by atoms with Crippen molar-refractivity contribution >= 4 is 22.4 Å². The van der Waals surface area contributed by atoms with Crippen LogP contribution in [0.25, 0.3) is 16.6 Å². The molecule has 0 saturated heterocycles. The molecule has 68 valence electrons. The van der Waals surface area contributed by atoms with Gasteiger partial charge in [-0.15, -0.1) is 0 Å². The monoisotopic (exact) mass is 184 g/mol. The van der Waals surface area contributed by atoms with E-state index >= 15 is 0 Å². The largest absolute Gasteiger partial charge is 0.383 e. The van der Waals surface area contributed by atoms with Gasteiger partial charge in [-0.1, -0.05) is 12.1 Å². The summed E-state index contributed by atoms with van der Waals surface area (Å²) in [4.78, 5) is 8.28. The van der Waals surface area contributed by atoms with E-state index in [9.17, 15) is 0 Å². The number of para-hydroxylation sites is 1. The molecule has 14 heavy (non-hydrogen) atoms. The van der Waals surface area contributed by atoms with Gasteiger partial charge in [0.1, 0.15) is 12.1 Å². The van der Waals surface area contributed by atoms with E-state index in [4.69, 9.17) is 5.73 Å². The van der Waals surface area contributed by atoms with E-state index < -0.39 is 0 Å². The minimum absolute atomic E-state index is 0.550. The van der Waals surface area contributed by atoms with Crippen LogP contribution in [0.5, 0.6) is 0 Å². The van der Waals surface area contributed by atoms with Crippen molar-refractivity contribution in [3.8, 4) is 0 Å². The van der Waals surface area contributed by atoms with Gasteiger partial charge in [-0.05, 0) is 12.1 Å². The van der Waals surface area contributed by atoms with E-state index in [1.165, 1.54) is 0 Å². The zero-order valence-electron chi connectivity index (χ0n) is 7.38. The molecule has 3 rings (SSSR count). The molecule has 0 fully saturated rings. The zero-order chi connectivity index (χ0) is 9.54. The summed E-state index contributed by atoms with van der Waals surface area (Å²) >= 11 is 0. The third-order valence-electron chi connectivity index (χ3n) is 2.29. The Balaban J connectivity index is 2.67. The molecule has 2 heterocycles. The molecule has 0 amide bonds. The van der Waals surface area contributed by atoms with E-state index in [-0.39, 0.29) is 0 Å². The Morgan fingerprint density at radius 3 is 3.00 bits per heavy atom. The molecule has 2 aromatic heterocycles. The van der Waals surface area contributed by atoms with Crippen molar-refractivity contribution in [1.29, 1.82) is 0 Å². The summed E-state index contributed by atoms with van der Waals surface area (Å²) < 4.78 is 1.92. The first-order valence-electron chi connectivity index (χ1n) is 4.32. The highest BCUT2D eigenvalue weighted by Crippen LogP contribution is 2.19. The molecule has 2 N–H and O–H groups in total. The summed E-state index contributed by atoms with van der Waals surface area (Å²) in [6, 6.07) is 7.88. The van der Waals surface area contributed by atoms with Crippen LogP contribution in [0.4, 0.5) is 5.82 Å². The van der Waals surface area contributed by atoms with Gasteiger partial charge in [-0.3, -0.25) is 4.40 Å². The van der Waals surface area contributed by atoms with Crippen LogP contribution in [0.3, 0.4) is 0 Å². The highest BCUT2D eigenvalue weighted by atomic mass is 15.1. The normalized spacial score (nSPS) is 11.1. The maximum Gasteiger partial charge on any atom is 0.159 e. The molecule has 0 atom stereocenters. The fourth-order valence-electron chi connectivity index (χ4n) is 1.64. The maximum atomic E-state index is 5.83. The average molecular weight is 184 g/mol. The first-order valence-corrected chi connectivity index (χ1v) is 4.32. The third kappa shape index (κ3) is 0.821. The number of hydrogen-bond acceptors (Lipinski definition) is 3. The Bertz CT molecular complexity index is 612. The number of aromatic nitrogens is 3. The molecular formula is C10H8N4. The molecule has 0 unspecified atom stereocenters. The number of anilines is 1. The van der Waals surface area contributed by atoms with Crippen molar-refractivity contribution in [3.63, 3.8) is 0 Å². The smallest absolute Gasteiger partial charge is 0.159 e. The second kappa shape index (κ2) is 2.45. The topological polar surface area (TPSA) is 56.2 Å². The van der Waals surface area contributed by atoms with Gasteiger partial charge in [0.15, 0.2) is 5.65 Å². The van der Waals surface area contributed by atoms with Crippen molar-refractivity contribution in [3.05, 3.63) is 36.8 Å². The average Bonchev–Trinajstić information content (AvgIpc) is 2.66. The van der Waals surface area contributed by atoms with Crippen molar-refractivity contribution < 1.29 is 0 Å². The molecular weight excluding hydrogens is 176 g/mol. The van der Waals surface area contributed by atoms with Gasteiger partial charge in [-0.25, -0.2) is 9.97 Å². The third-order valence-corrected chi connectivity index (χ3v) is 2.29. The number of imidazole rings is 1. The van der Waals surface area contributed by atoms with Crippen LogP contribution < -0.4 is 5.73 Å². The van der Waals surface area contributed by atoms with E-state index in [2.05, 4.69) is 9.97 Å². The van der Waals surface area contributed by atoms with Gasteiger partial charge in [0, 0.05) is 5.39 Å². The first-order chi connectivity index (χ1) is 6.86. The summed E-state index contributed by atoms with van der Waals surface area (Å²) in [5.74, 6) is 0.550. The lowest BCUT2D eigenvalue weighted by Gasteiger charge is -2.03. The second-order valence-corrected chi connectivity index (χ2v) is 3.14. The standard InChI is InChI=1S/C10H8N4/c11-10-7-3-1-2-4-8(7)14-6-12-5-9(14)13-10/h1-6H,(H2,11,13). The Kier molecular flexibility index (Phi) is 1.28. The number of benzene rings is 1. The molecule has 0 aliphatic rings. The molecule has 0 saturated carbocycles. The minimum Gasteiger partial charge on any atom is -0.383 e. The van der Waals surface area contributed by atoms with Gasteiger partial charge in [0.25, 0.3) is 0 Å². The Morgan fingerprint density at radius 1 is 1.21 bits per heavy atom. The van der Waals surface area contributed by atoms with Gasteiger partial charge in [-0.2, -0.15) is 0 Å². The highest BCUT2D eigenvalue weighted by Gasteiger charge is 2.03. The predicted molar refractivity (Wildman–Crippen MR) is 54.9 cm³/mol. The van der Waals surface area contributed by atoms with Gasteiger partial charge in [0.2, 0.25) is 0 Å². The lowest BCUT2D eigenvalue weighted by molar-refractivity contribution is 1.17. The van der Waals surface area contributed by atoms with Crippen LogP contribution in [0.2, 0.25) is 0 Å². The zero-order valence-corrected chi connectivity index (χ0v) is 7.38. The van der Waals surface area contributed by atoms with Gasteiger partial charge in [0.05, 0.1) is 11.7 Å².